The summed E-state index contributed by atoms with van der Waals surface area (Å²) in [6, 6.07) is 6.96. The molecular weight excluding hydrogens is 232 g/mol. The van der Waals surface area contributed by atoms with E-state index in [4.69, 9.17) is 5.11 Å². The van der Waals surface area contributed by atoms with Crippen molar-refractivity contribution in [3.05, 3.63) is 35.4 Å². The summed E-state index contributed by atoms with van der Waals surface area (Å²) in [4.78, 5) is 22.4. The van der Waals surface area contributed by atoms with E-state index in [0.717, 1.165) is 5.56 Å². The molecule has 4 heteroatoms. The van der Waals surface area contributed by atoms with Crippen molar-refractivity contribution in [1.29, 1.82) is 0 Å². The molecular formula is C14H16O4. The third-order valence-corrected chi connectivity index (χ3v) is 3.78. The lowest BCUT2D eigenvalue weighted by Crippen LogP contribution is -2.03. The van der Waals surface area contributed by atoms with Crippen molar-refractivity contribution in [2.75, 3.05) is 7.11 Å². The second-order valence-electron chi connectivity index (χ2n) is 5.23. The van der Waals surface area contributed by atoms with Crippen molar-refractivity contribution >= 4 is 11.9 Å². The van der Waals surface area contributed by atoms with Gasteiger partial charge < -0.3 is 9.84 Å². The van der Waals surface area contributed by atoms with Crippen molar-refractivity contribution in [2.45, 2.75) is 19.8 Å². The van der Waals surface area contributed by atoms with Crippen LogP contribution in [-0.4, -0.2) is 24.2 Å². The van der Waals surface area contributed by atoms with Gasteiger partial charge >= 0.3 is 11.9 Å². The van der Waals surface area contributed by atoms with Gasteiger partial charge in [0.25, 0.3) is 0 Å². The number of benzene rings is 1. The Hall–Kier alpha value is -1.84. The van der Waals surface area contributed by atoms with Crippen LogP contribution in [0.4, 0.5) is 0 Å². The molecule has 1 aromatic rings. The Kier molecular flexibility index (Phi) is 2.89. The Morgan fingerprint density at radius 3 is 2.17 bits per heavy atom. The number of carboxylic acid groups (broad SMARTS) is 1. The minimum absolute atomic E-state index is 0.0155. The van der Waals surface area contributed by atoms with Gasteiger partial charge in [-0.1, -0.05) is 26.0 Å². The van der Waals surface area contributed by atoms with Gasteiger partial charge in [-0.3, -0.25) is 4.79 Å². The largest absolute Gasteiger partial charge is 0.481 e. The molecule has 0 heterocycles. The van der Waals surface area contributed by atoms with E-state index in [1.165, 1.54) is 7.11 Å². The summed E-state index contributed by atoms with van der Waals surface area (Å²) < 4.78 is 4.62. The Morgan fingerprint density at radius 2 is 1.78 bits per heavy atom. The number of carbonyl (C=O) groups is 2. The van der Waals surface area contributed by atoms with Crippen LogP contribution in [-0.2, 0) is 9.53 Å². The summed E-state index contributed by atoms with van der Waals surface area (Å²) in [5.74, 6) is -1.48. The van der Waals surface area contributed by atoms with Crippen LogP contribution >= 0.6 is 0 Å². The third-order valence-electron chi connectivity index (χ3n) is 3.78. The molecule has 18 heavy (non-hydrogen) atoms. The molecule has 0 aromatic heterocycles. The molecule has 1 aliphatic carbocycles. The van der Waals surface area contributed by atoms with Gasteiger partial charge in [0.05, 0.1) is 18.6 Å². The lowest BCUT2D eigenvalue weighted by atomic mass is 10.0. The molecule has 96 valence electrons. The molecule has 0 radical (unpaired) electrons. The summed E-state index contributed by atoms with van der Waals surface area (Å²) in [5, 5.41) is 9.13. The Morgan fingerprint density at radius 1 is 1.22 bits per heavy atom. The molecule has 1 N–H and O–H groups in total. The highest BCUT2D eigenvalue weighted by atomic mass is 16.5. The summed E-state index contributed by atoms with van der Waals surface area (Å²) >= 11 is 0. The average Bonchev–Trinajstić information content (AvgIpc) is 2.92. The van der Waals surface area contributed by atoms with Gasteiger partial charge in [-0.15, -0.1) is 0 Å². The first kappa shape index (κ1) is 12.6. The van der Waals surface area contributed by atoms with E-state index in [1.807, 2.05) is 26.0 Å². The van der Waals surface area contributed by atoms with Gasteiger partial charge in [0.1, 0.15) is 0 Å². The summed E-state index contributed by atoms with van der Waals surface area (Å²) in [6.45, 7) is 3.90. The number of hydrogen-bond donors (Lipinski definition) is 1. The van der Waals surface area contributed by atoms with Crippen molar-refractivity contribution in [3.8, 4) is 0 Å². The molecule has 2 atom stereocenters. The van der Waals surface area contributed by atoms with E-state index in [-0.39, 0.29) is 23.2 Å². The van der Waals surface area contributed by atoms with Crippen LogP contribution in [0.15, 0.2) is 24.3 Å². The second kappa shape index (κ2) is 4.12. The molecule has 1 saturated carbocycles. The zero-order valence-electron chi connectivity index (χ0n) is 10.6. The van der Waals surface area contributed by atoms with Crippen molar-refractivity contribution < 1.29 is 19.4 Å². The normalized spacial score (nSPS) is 24.4. The van der Waals surface area contributed by atoms with Gasteiger partial charge in [-0.2, -0.15) is 0 Å². The first-order valence-corrected chi connectivity index (χ1v) is 5.80. The molecule has 2 rings (SSSR count). The monoisotopic (exact) mass is 248 g/mol. The van der Waals surface area contributed by atoms with E-state index in [2.05, 4.69) is 4.74 Å². The third kappa shape index (κ3) is 1.88. The summed E-state index contributed by atoms with van der Waals surface area (Å²) in [5.41, 5.74) is 1.21. The lowest BCUT2D eigenvalue weighted by molar-refractivity contribution is -0.139. The van der Waals surface area contributed by atoms with E-state index in [1.54, 1.807) is 12.1 Å². The molecule has 0 amide bonds. The van der Waals surface area contributed by atoms with Gasteiger partial charge in [0.15, 0.2) is 0 Å². The Balaban J connectivity index is 2.22. The second-order valence-corrected chi connectivity index (χ2v) is 5.23. The topological polar surface area (TPSA) is 63.6 Å². The quantitative estimate of drug-likeness (QED) is 0.834. The highest BCUT2D eigenvalue weighted by Gasteiger charge is 2.62. The molecule has 1 aliphatic rings. The fourth-order valence-electron chi connectivity index (χ4n) is 2.67. The van der Waals surface area contributed by atoms with E-state index >= 15 is 0 Å². The molecule has 1 fully saturated rings. The predicted octanol–water partition coefficient (Wildman–Crippen LogP) is 2.30. The van der Waals surface area contributed by atoms with Gasteiger partial charge in [0.2, 0.25) is 0 Å². The zero-order chi connectivity index (χ0) is 13.5. The number of hydrogen-bond acceptors (Lipinski definition) is 3. The predicted molar refractivity (Wildman–Crippen MR) is 65.4 cm³/mol. The smallest absolute Gasteiger partial charge is 0.337 e. The number of carbonyl (C=O) groups excluding carboxylic acids is 1. The molecule has 1 aromatic carbocycles. The van der Waals surface area contributed by atoms with E-state index in [0.29, 0.717) is 5.56 Å². The van der Waals surface area contributed by atoms with Gasteiger partial charge in [0, 0.05) is 5.92 Å². The number of carboxylic acids is 1. The molecule has 0 aliphatic heterocycles. The fourth-order valence-corrected chi connectivity index (χ4v) is 2.67. The molecule has 0 bridgehead atoms. The number of esters is 1. The van der Waals surface area contributed by atoms with Gasteiger partial charge in [-0.05, 0) is 23.1 Å². The number of ether oxygens (including phenoxy) is 1. The van der Waals surface area contributed by atoms with Crippen LogP contribution in [0.1, 0.15) is 35.7 Å². The maximum Gasteiger partial charge on any atom is 0.337 e. The van der Waals surface area contributed by atoms with Crippen LogP contribution in [0.5, 0.6) is 0 Å². The minimum atomic E-state index is -0.762. The molecule has 4 nitrogen and oxygen atoms in total. The lowest BCUT2D eigenvalue weighted by Gasteiger charge is -2.04. The minimum Gasteiger partial charge on any atom is -0.481 e. The summed E-state index contributed by atoms with van der Waals surface area (Å²) in [7, 11) is 1.33. The first-order chi connectivity index (χ1) is 8.39. The highest BCUT2D eigenvalue weighted by molar-refractivity contribution is 5.89. The standard InChI is InChI=1S/C14H16O4/c1-14(2)10(11(14)12(15)16)8-4-6-9(7-5-8)13(17)18-3/h4-7,10-11H,1-3H3,(H,15,16). The van der Waals surface area contributed by atoms with Crippen LogP contribution in [0.25, 0.3) is 0 Å². The maximum atomic E-state index is 11.3. The summed E-state index contributed by atoms with van der Waals surface area (Å²) in [6.07, 6.45) is 0. The van der Waals surface area contributed by atoms with Crippen LogP contribution in [0.3, 0.4) is 0 Å². The van der Waals surface area contributed by atoms with Crippen molar-refractivity contribution in [2.24, 2.45) is 11.3 Å². The maximum absolute atomic E-state index is 11.3. The Bertz CT molecular complexity index is 487. The first-order valence-electron chi connectivity index (χ1n) is 5.80. The molecule has 2 unspecified atom stereocenters. The number of aliphatic carboxylic acids is 1. The number of rotatable bonds is 3. The van der Waals surface area contributed by atoms with E-state index in [9.17, 15) is 9.59 Å². The number of methoxy groups -OCH3 is 1. The fraction of sp³-hybridized carbons (Fsp3) is 0.429. The van der Waals surface area contributed by atoms with Crippen molar-refractivity contribution in [1.82, 2.24) is 0 Å². The zero-order valence-corrected chi connectivity index (χ0v) is 10.6. The SMILES string of the molecule is COC(=O)c1ccc(C2C(C(=O)O)C2(C)C)cc1. The van der Waals surface area contributed by atoms with Crippen LogP contribution < -0.4 is 0 Å². The van der Waals surface area contributed by atoms with E-state index < -0.39 is 5.97 Å². The molecule has 0 spiro atoms. The highest BCUT2D eigenvalue weighted by Crippen LogP contribution is 2.64. The molecule has 0 saturated heterocycles. The average molecular weight is 248 g/mol. The Labute approximate surface area is 106 Å². The van der Waals surface area contributed by atoms with Crippen LogP contribution in [0.2, 0.25) is 0 Å². The van der Waals surface area contributed by atoms with Gasteiger partial charge in [-0.25, -0.2) is 4.79 Å². The van der Waals surface area contributed by atoms with Crippen molar-refractivity contribution in [3.63, 3.8) is 0 Å². The van der Waals surface area contributed by atoms with Crippen LogP contribution in [0, 0.1) is 11.3 Å².